The van der Waals surface area contributed by atoms with Crippen molar-refractivity contribution in [2.45, 2.75) is 45.3 Å². The van der Waals surface area contributed by atoms with Gasteiger partial charge in [-0.15, -0.1) is 0 Å². The van der Waals surface area contributed by atoms with E-state index in [0.29, 0.717) is 6.42 Å². The molecule has 0 spiro atoms. The van der Waals surface area contributed by atoms with E-state index < -0.39 is 23.6 Å². The molecule has 2 N–H and O–H groups in total. The molecule has 1 atom stereocenters. The average molecular weight is 303 g/mol. The molecule has 0 aromatic heterocycles. The number of nitriles is 1. The van der Waals surface area contributed by atoms with E-state index >= 15 is 0 Å². The SMILES string of the molecule is CC(C)(C)OC(=O)NC(CC(=O)NC#N)Cc1ccccc1. The maximum absolute atomic E-state index is 11.9. The zero-order valence-corrected chi connectivity index (χ0v) is 13.1. The summed E-state index contributed by atoms with van der Waals surface area (Å²) in [6.07, 6.45) is 1.47. The third-order valence-corrected chi connectivity index (χ3v) is 2.67. The number of ether oxygens (including phenoxy) is 1. The predicted octanol–water partition coefficient (Wildman–Crippen LogP) is 2.11. The first-order valence-electron chi connectivity index (χ1n) is 7.01. The number of hydrogen-bond acceptors (Lipinski definition) is 4. The van der Waals surface area contributed by atoms with E-state index in [1.54, 1.807) is 27.0 Å². The molecule has 0 aliphatic carbocycles. The predicted molar refractivity (Wildman–Crippen MR) is 81.7 cm³/mol. The molecule has 6 heteroatoms. The fourth-order valence-electron chi connectivity index (χ4n) is 1.88. The number of amides is 2. The molecule has 0 saturated heterocycles. The number of rotatable bonds is 5. The molecule has 1 rings (SSSR count). The molecule has 0 radical (unpaired) electrons. The van der Waals surface area contributed by atoms with Crippen molar-refractivity contribution in [2.75, 3.05) is 0 Å². The van der Waals surface area contributed by atoms with Crippen LogP contribution in [-0.2, 0) is 16.0 Å². The molecule has 118 valence electrons. The second kappa shape index (κ2) is 8.03. The Bertz CT molecular complexity index is 544. The van der Waals surface area contributed by atoms with Gasteiger partial charge in [-0.2, -0.15) is 5.26 Å². The summed E-state index contributed by atoms with van der Waals surface area (Å²) in [7, 11) is 0. The van der Waals surface area contributed by atoms with Crippen LogP contribution >= 0.6 is 0 Å². The molecule has 22 heavy (non-hydrogen) atoms. The molecule has 0 aliphatic rings. The normalized spacial score (nSPS) is 11.9. The molecule has 0 fully saturated rings. The summed E-state index contributed by atoms with van der Waals surface area (Å²) in [6, 6.07) is 9.02. The molecule has 0 saturated carbocycles. The van der Waals surface area contributed by atoms with Crippen molar-refractivity contribution in [3.8, 4) is 6.19 Å². The number of carbonyl (C=O) groups excluding carboxylic acids is 2. The Hall–Kier alpha value is -2.55. The third-order valence-electron chi connectivity index (χ3n) is 2.67. The van der Waals surface area contributed by atoms with Crippen LogP contribution in [0.25, 0.3) is 0 Å². The number of hydrogen-bond donors (Lipinski definition) is 2. The summed E-state index contributed by atoms with van der Waals surface area (Å²) >= 11 is 0. The maximum Gasteiger partial charge on any atom is 0.407 e. The van der Waals surface area contributed by atoms with Gasteiger partial charge in [0, 0.05) is 12.5 Å². The van der Waals surface area contributed by atoms with Crippen molar-refractivity contribution in [1.29, 1.82) is 5.26 Å². The Balaban J connectivity index is 2.71. The van der Waals surface area contributed by atoms with Crippen LogP contribution in [0.1, 0.15) is 32.8 Å². The largest absolute Gasteiger partial charge is 0.444 e. The fourth-order valence-corrected chi connectivity index (χ4v) is 1.88. The van der Waals surface area contributed by atoms with Gasteiger partial charge in [-0.25, -0.2) is 4.79 Å². The van der Waals surface area contributed by atoms with Crippen LogP contribution in [0.5, 0.6) is 0 Å². The first-order valence-corrected chi connectivity index (χ1v) is 7.01. The smallest absolute Gasteiger partial charge is 0.407 e. The van der Waals surface area contributed by atoms with Gasteiger partial charge < -0.3 is 10.1 Å². The molecule has 1 aromatic carbocycles. The van der Waals surface area contributed by atoms with E-state index in [1.807, 2.05) is 30.3 Å². The van der Waals surface area contributed by atoms with Crippen LogP contribution in [0.2, 0.25) is 0 Å². The lowest BCUT2D eigenvalue weighted by Crippen LogP contribution is -2.42. The topological polar surface area (TPSA) is 91.2 Å². The zero-order valence-electron chi connectivity index (χ0n) is 13.1. The second-order valence-electron chi connectivity index (χ2n) is 5.90. The summed E-state index contributed by atoms with van der Waals surface area (Å²) in [4.78, 5) is 23.5. The zero-order chi connectivity index (χ0) is 16.6. The van der Waals surface area contributed by atoms with Gasteiger partial charge in [-0.05, 0) is 32.8 Å². The van der Waals surface area contributed by atoms with E-state index in [0.717, 1.165) is 5.56 Å². The van der Waals surface area contributed by atoms with Crippen LogP contribution in [0.4, 0.5) is 4.79 Å². The van der Waals surface area contributed by atoms with Crippen molar-refractivity contribution in [2.24, 2.45) is 0 Å². The lowest BCUT2D eigenvalue weighted by atomic mass is 10.0. The molecule has 1 unspecified atom stereocenters. The number of alkyl carbamates (subject to hydrolysis) is 1. The standard InChI is InChI=1S/C16H21N3O3/c1-16(2,3)22-15(21)19-13(10-14(20)18-11-17)9-12-7-5-4-6-8-12/h4-8,13H,9-10H2,1-3H3,(H,18,20)(H,19,21). The minimum atomic E-state index is -0.615. The van der Waals surface area contributed by atoms with Crippen LogP contribution in [0.3, 0.4) is 0 Å². The van der Waals surface area contributed by atoms with E-state index in [4.69, 9.17) is 10.00 Å². The first-order chi connectivity index (χ1) is 10.3. The lowest BCUT2D eigenvalue weighted by Gasteiger charge is -2.23. The van der Waals surface area contributed by atoms with Crippen molar-refractivity contribution in [1.82, 2.24) is 10.6 Å². The Morgan fingerprint density at radius 2 is 1.91 bits per heavy atom. The Morgan fingerprint density at radius 1 is 1.27 bits per heavy atom. The number of carbonyl (C=O) groups is 2. The summed E-state index contributed by atoms with van der Waals surface area (Å²) in [5.41, 5.74) is 0.365. The van der Waals surface area contributed by atoms with Crippen LogP contribution in [-0.4, -0.2) is 23.6 Å². The van der Waals surface area contributed by atoms with Crippen molar-refractivity contribution < 1.29 is 14.3 Å². The highest BCUT2D eigenvalue weighted by molar-refractivity contribution is 5.79. The first kappa shape index (κ1) is 17.5. The molecule has 0 aliphatic heterocycles. The van der Waals surface area contributed by atoms with Crippen LogP contribution in [0.15, 0.2) is 30.3 Å². The van der Waals surface area contributed by atoms with Gasteiger partial charge in [0.15, 0.2) is 6.19 Å². The molecule has 1 aromatic rings. The van der Waals surface area contributed by atoms with Crippen molar-refractivity contribution in [3.63, 3.8) is 0 Å². The lowest BCUT2D eigenvalue weighted by molar-refractivity contribution is -0.120. The van der Waals surface area contributed by atoms with Crippen LogP contribution in [0, 0.1) is 11.5 Å². The van der Waals surface area contributed by atoms with Crippen molar-refractivity contribution >= 4 is 12.0 Å². The van der Waals surface area contributed by atoms with E-state index in [9.17, 15) is 9.59 Å². The molecule has 0 heterocycles. The number of nitrogens with one attached hydrogen (secondary N) is 2. The van der Waals surface area contributed by atoms with E-state index in [2.05, 4.69) is 10.6 Å². The summed E-state index contributed by atoms with van der Waals surface area (Å²) in [5.74, 6) is -0.445. The Kier molecular flexibility index (Phi) is 6.39. The highest BCUT2D eigenvalue weighted by Crippen LogP contribution is 2.10. The van der Waals surface area contributed by atoms with Gasteiger partial charge in [0.1, 0.15) is 5.60 Å². The maximum atomic E-state index is 11.9. The van der Waals surface area contributed by atoms with Gasteiger partial charge in [-0.3, -0.25) is 10.1 Å². The Labute approximate surface area is 130 Å². The molecular formula is C16H21N3O3. The van der Waals surface area contributed by atoms with Gasteiger partial charge in [-0.1, -0.05) is 30.3 Å². The monoisotopic (exact) mass is 303 g/mol. The quantitative estimate of drug-likeness (QED) is 0.644. The summed E-state index contributed by atoms with van der Waals surface area (Å²) < 4.78 is 5.20. The highest BCUT2D eigenvalue weighted by atomic mass is 16.6. The van der Waals surface area contributed by atoms with Gasteiger partial charge in [0.25, 0.3) is 0 Å². The fraction of sp³-hybridized carbons (Fsp3) is 0.438. The minimum Gasteiger partial charge on any atom is -0.444 e. The van der Waals surface area contributed by atoms with Gasteiger partial charge >= 0.3 is 6.09 Å². The molecule has 2 amide bonds. The summed E-state index contributed by atoms with van der Waals surface area (Å²) in [5, 5.41) is 13.2. The number of nitrogens with zero attached hydrogens (tertiary/aromatic N) is 1. The van der Waals surface area contributed by atoms with Gasteiger partial charge in [0.2, 0.25) is 5.91 Å². The molecule has 0 bridgehead atoms. The van der Waals surface area contributed by atoms with Crippen molar-refractivity contribution in [3.05, 3.63) is 35.9 Å². The average Bonchev–Trinajstić information content (AvgIpc) is 2.37. The Morgan fingerprint density at radius 3 is 2.45 bits per heavy atom. The van der Waals surface area contributed by atoms with Crippen LogP contribution < -0.4 is 10.6 Å². The second-order valence-corrected chi connectivity index (χ2v) is 5.90. The summed E-state index contributed by atoms with van der Waals surface area (Å²) in [6.45, 7) is 5.30. The highest BCUT2D eigenvalue weighted by Gasteiger charge is 2.21. The molecule has 6 nitrogen and oxygen atoms in total. The van der Waals surface area contributed by atoms with E-state index in [-0.39, 0.29) is 6.42 Å². The number of benzene rings is 1. The third kappa shape index (κ3) is 7.29. The van der Waals surface area contributed by atoms with E-state index in [1.165, 1.54) is 0 Å². The minimum absolute atomic E-state index is 0.00168. The molecular weight excluding hydrogens is 282 g/mol. The van der Waals surface area contributed by atoms with Gasteiger partial charge in [0.05, 0.1) is 0 Å².